The highest BCUT2D eigenvalue weighted by molar-refractivity contribution is 5.40. The number of hydrogen-bond acceptors (Lipinski definition) is 4. The Hall–Kier alpha value is -2.76. The monoisotopic (exact) mass is 337 g/mol. The second-order valence-corrected chi connectivity index (χ2v) is 6.30. The minimum Gasteiger partial charge on any atom is -0.354 e. The molecule has 3 aromatic rings. The Balaban J connectivity index is 1.45. The van der Waals surface area contributed by atoms with Crippen molar-refractivity contribution < 1.29 is 4.39 Å². The standard InChI is InChI=1S/C19H20FN5/c20-17-5-3-9-22-19(17)24-11-6-15(7-12-24)18-23-10-13-25(18)14-16-4-1-2-8-21-16/h1-5,8-10,13,15H,6-7,11-12,14H2. The molecular formula is C19H20FN5. The van der Waals surface area contributed by atoms with Crippen LogP contribution in [0.2, 0.25) is 0 Å². The summed E-state index contributed by atoms with van der Waals surface area (Å²) < 4.78 is 16.1. The summed E-state index contributed by atoms with van der Waals surface area (Å²) in [6.45, 7) is 2.30. The molecule has 0 aliphatic carbocycles. The van der Waals surface area contributed by atoms with Gasteiger partial charge in [-0.15, -0.1) is 0 Å². The first-order valence-electron chi connectivity index (χ1n) is 8.57. The van der Waals surface area contributed by atoms with Crippen LogP contribution in [0.15, 0.2) is 55.1 Å². The average Bonchev–Trinajstić information content (AvgIpc) is 3.11. The molecule has 0 spiro atoms. The Morgan fingerprint density at radius 3 is 2.56 bits per heavy atom. The van der Waals surface area contributed by atoms with Crippen LogP contribution < -0.4 is 4.90 Å². The summed E-state index contributed by atoms with van der Waals surface area (Å²) in [5.41, 5.74) is 1.02. The van der Waals surface area contributed by atoms with E-state index >= 15 is 0 Å². The van der Waals surface area contributed by atoms with E-state index < -0.39 is 0 Å². The molecule has 0 N–H and O–H groups in total. The number of halogens is 1. The number of rotatable bonds is 4. The molecule has 1 saturated heterocycles. The summed E-state index contributed by atoms with van der Waals surface area (Å²) in [4.78, 5) is 15.2. The van der Waals surface area contributed by atoms with Crippen molar-refractivity contribution in [1.82, 2.24) is 19.5 Å². The van der Waals surface area contributed by atoms with E-state index in [9.17, 15) is 4.39 Å². The lowest BCUT2D eigenvalue weighted by Crippen LogP contribution is -2.34. The van der Waals surface area contributed by atoms with Crippen molar-refractivity contribution in [2.45, 2.75) is 25.3 Å². The van der Waals surface area contributed by atoms with Gasteiger partial charge in [0.2, 0.25) is 0 Å². The van der Waals surface area contributed by atoms with Crippen LogP contribution in [0.4, 0.5) is 10.2 Å². The van der Waals surface area contributed by atoms with Gasteiger partial charge in [0.05, 0.1) is 12.2 Å². The molecule has 6 heteroatoms. The largest absolute Gasteiger partial charge is 0.354 e. The number of nitrogens with zero attached hydrogens (tertiary/aromatic N) is 5. The molecule has 25 heavy (non-hydrogen) atoms. The van der Waals surface area contributed by atoms with Gasteiger partial charge in [0.15, 0.2) is 11.6 Å². The highest BCUT2D eigenvalue weighted by atomic mass is 19.1. The van der Waals surface area contributed by atoms with E-state index in [1.54, 1.807) is 12.3 Å². The van der Waals surface area contributed by atoms with Gasteiger partial charge in [-0.25, -0.2) is 14.4 Å². The maximum atomic E-state index is 13.9. The van der Waals surface area contributed by atoms with Gasteiger partial charge in [-0.3, -0.25) is 4.98 Å². The zero-order valence-electron chi connectivity index (χ0n) is 13.9. The Morgan fingerprint density at radius 1 is 0.960 bits per heavy atom. The molecule has 1 aliphatic rings. The minimum atomic E-state index is -0.252. The third-order valence-corrected chi connectivity index (χ3v) is 4.70. The van der Waals surface area contributed by atoms with Crippen LogP contribution in [0.5, 0.6) is 0 Å². The predicted molar refractivity (Wildman–Crippen MR) is 93.9 cm³/mol. The van der Waals surface area contributed by atoms with Gasteiger partial charge < -0.3 is 9.47 Å². The third kappa shape index (κ3) is 3.38. The van der Waals surface area contributed by atoms with Crippen LogP contribution in [0.25, 0.3) is 0 Å². The number of pyridine rings is 2. The lowest BCUT2D eigenvalue weighted by molar-refractivity contribution is 0.462. The van der Waals surface area contributed by atoms with Crippen molar-refractivity contribution in [2.24, 2.45) is 0 Å². The van der Waals surface area contributed by atoms with E-state index in [2.05, 4.69) is 19.5 Å². The molecule has 0 aromatic carbocycles. The molecule has 5 nitrogen and oxygen atoms in total. The molecule has 4 heterocycles. The normalized spacial score (nSPS) is 15.5. The van der Waals surface area contributed by atoms with Crippen molar-refractivity contribution in [1.29, 1.82) is 0 Å². The number of aromatic nitrogens is 4. The average molecular weight is 337 g/mol. The van der Waals surface area contributed by atoms with Gasteiger partial charge in [0.25, 0.3) is 0 Å². The molecular weight excluding hydrogens is 317 g/mol. The third-order valence-electron chi connectivity index (χ3n) is 4.70. The van der Waals surface area contributed by atoms with Crippen LogP contribution in [0.3, 0.4) is 0 Å². The Labute approximate surface area is 146 Å². The van der Waals surface area contributed by atoms with E-state index in [1.807, 2.05) is 41.7 Å². The molecule has 4 rings (SSSR count). The summed E-state index contributed by atoms with van der Waals surface area (Å²) in [7, 11) is 0. The van der Waals surface area contributed by atoms with Crippen LogP contribution in [-0.2, 0) is 6.54 Å². The Morgan fingerprint density at radius 2 is 1.80 bits per heavy atom. The molecule has 0 radical (unpaired) electrons. The molecule has 128 valence electrons. The van der Waals surface area contributed by atoms with Gasteiger partial charge in [0.1, 0.15) is 5.82 Å². The molecule has 0 saturated carbocycles. The number of anilines is 1. The number of imidazole rings is 1. The fourth-order valence-corrected chi connectivity index (χ4v) is 3.44. The molecule has 1 fully saturated rings. The Kier molecular flexibility index (Phi) is 4.41. The first-order valence-corrected chi connectivity index (χ1v) is 8.57. The number of hydrogen-bond donors (Lipinski definition) is 0. The van der Waals surface area contributed by atoms with E-state index in [0.717, 1.165) is 44.0 Å². The van der Waals surface area contributed by atoms with Crippen molar-refractivity contribution >= 4 is 5.82 Å². The topological polar surface area (TPSA) is 46.8 Å². The smallest absolute Gasteiger partial charge is 0.165 e. The first kappa shape index (κ1) is 15.7. The zero-order chi connectivity index (χ0) is 17.1. The van der Waals surface area contributed by atoms with Gasteiger partial charge in [0, 0.05) is 43.8 Å². The van der Waals surface area contributed by atoms with Crippen molar-refractivity contribution in [3.05, 3.63) is 72.5 Å². The van der Waals surface area contributed by atoms with E-state index in [1.165, 1.54) is 6.07 Å². The zero-order valence-corrected chi connectivity index (χ0v) is 13.9. The SMILES string of the molecule is Fc1cccnc1N1CCC(c2nccn2Cc2ccccn2)CC1. The van der Waals surface area contributed by atoms with E-state index in [0.29, 0.717) is 11.7 Å². The van der Waals surface area contributed by atoms with Crippen LogP contribution in [-0.4, -0.2) is 32.6 Å². The van der Waals surface area contributed by atoms with Gasteiger partial charge in [-0.05, 0) is 37.1 Å². The Bertz CT molecular complexity index is 825. The lowest BCUT2D eigenvalue weighted by Gasteiger charge is -2.32. The molecule has 3 aromatic heterocycles. The van der Waals surface area contributed by atoms with Gasteiger partial charge in [-0.2, -0.15) is 0 Å². The summed E-state index contributed by atoms with van der Waals surface area (Å²) in [6, 6.07) is 9.04. The van der Waals surface area contributed by atoms with Gasteiger partial charge in [-0.1, -0.05) is 6.07 Å². The van der Waals surface area contributed by atoms with E-state index in [4.69, 9.17) is 0 Å². The fourth-order valence-electron chi connectivity index (χ4n) is 3.44. The van der Waals surface area contributed by atoms with Crippen molar-refractivity contribution in [3.63, 3.8) is 0 Å². The van der Waals surface area contributed by atoms with Crippen LogP contribution >= 0.6 is 0 Å². The maximum absolute atomic E-state index is 13.9. The molecule has 0 atom stereocenters. The fraction of sp³-hybridized carbons (Fsp3) is 0.316. The quantitative estimate of drug-likeness (QED) is 0.733. The first-order chi connectivity index (χ1) is 12.3. The highest BCUT2D eigenvalue weighted by Crippen LogP contribution is 2.30. The summed E-state index contributed by atoms with van der Waals surface area (Å²) in [6.07, 6.45) is 9.19. The summed E-state index contributed by atoms with van der Waals surface area (Å²) in [5.74, 6) is 1.67. The molecule has 0 amide bonds. The summed E-state index contributed by atoms with van der Waals surface area (Å²) >= 11 is 0. The van der Waals surface area contributed by atoms with Crippen LogP contribution in [0.1, 0.15) is 30.3 Å². The molecule has 0 unspecified atom stereocenters. The molecule has 1 aliphatic heterocycles. The highest BCUT2D eigenvalue weighted by Gasteiger charge is 2.25. The molecule has 0 bridgehead atoms. The second kappa shape index (κ2) is 7.01. The second-order valence-electron chi connectivity index (χ2n) is 6.30. The summed E-state index contributed by atoms with van der Waals surface area (Å²) in [5, 5.41) is 0. The minimum absolute atomic E-state index is 0.252. The predicted octanol–water partition coefficient (Wildman–Crippen LogP) is 3.24. The van der Waals surface area contributed by atoms with Gasteiger partial charge >= 0.3 is 0 Å². The van der Waals surface area contributed by atoms with E-state index in [-0.39, 0.29) is 5.82 Å². The lowest BCUT2D eigenvalue weighted by atomic mass is 9.95. The van der Waals surface area contributed by atoms with Crippen molar-refractivity contribution in [2.75, 3.05) is 18.0 Å². The van der Waals surface area contributed by atoms with Crippen molar-refractivity contribution in [3.8, 4) is 0 Å². The number of piperidine rings is 1. The maximum Gasteiger partial charge on any atom is 0.165 e. The van der Waals surface area contributed by atoms with Crippen LogP contribution in [0, 0.1) is 5.82 Å².